The molecule has 13 heavy (non-hydrogen) atoms. The van der Waals surface area contributed by atoms with Crippen molar-refractivity contribution in [1.82, 2.24) is 0 Å². The average Bonchev–Trinajstić information content (AvgIpc) is 2.21. The summed E-state index contributed by atoms with van der Waals surface area (Å²) in [4.78, 5) is 0. The van der Waals surface area contributed by atoms with Gasteiger partial charge in [-0.05, 0) is 25.7 Å². The van der Waals surface area contributed by atoms with Crippen molar-refractivity contribution in [2.45, 2.75) is 59.0 Å². The fourth-order valence-corrected chi connectivity index (χ4v) is 1.85. The van der Waals surface area contributed by atoms with Gasteiger partial charge in [0.15, 0.2) is 0 Å². The Labute approximate surface area is 82.9 Å². The van der Waals surface area contributed by atoms with Gasteiger partial charge in [-0.25, -0.2) is 0 Å². The molecule has 1 nitrogen and oxygen atoms in total. The summed E-state index contributed by atoms with van der Waals surface area (Å²) in [7, 11) is 0. The molecule has 1 aliphatic carbocycles. The SMILES string of the molecule is C=C(C)C(O)C1CCCCC1.CC. The van der Waals surface area contributed by atoms with E-state index in [1.54, 1.807) is 0 Å². The molecule has 1 rings (SSSR count). The van der Waals surface area contributed by atoms with Crippen LogP contribution in [0.1, 0.15) is 52.9 Å². The highest BCUT2D eigenvalue weighted by Crippen LogP contribution is 2.28. The van der Waals surface area contributed by atoms with Crippen molar-refractivity contribution in [3.8, 4) is 0 Å². The summed E-state index contributed by atoms with van der Waals surface area (Å²) < 4.78 is 0. The van der Waals surface area contributed by atoms with Gasteiger partial charge in [0.1, 0.15) is 0 Å². The summed E-state index contributed by atoms with van der Waals surface area (Å²) in [5.41, 5.74) is 0.928. The van der Waals surface area contributed by atoms with Gasteiger partial charge in [-0.3, -0.25) is 0 Å². The molecule has 0 saturated heterocycles. The monoisotopic (exact) mass is 184 g/mol. The molecule has 78 valence electrons. The second-order valence-electron chi connectivity index (χ2n) is 3.69. The molecule has 1 heteroatoms. The van der Waals surface area contributed by atoms with Crippen LogP contribution in [-0.4, -0.2) is 11.2 Å². The maximum Gasteiger partial charge on any atom is 0.0772 e. The lowest BCUT2D eigenvalue weighted by atomic mass is 9.83. The first-order valence-corrected chi connectivity index (χ1v) is 5.55. The Morgan fingerprint density at radius 3 is 2.08 bits per heavy atom. The van der Waals surface area contributed by atoms with Crippen LogP contribution in [0.4, 0.5) is 0 Å². The molecule has 0 aromatic rings. The van der Waals surface area contributed by atoms with Gasteiger partial charge in [-0.1, -0.05) is 45.3 Å². The van der Waals surface area contributed by atoms with Crippen LogP contribution in [0, 0.1) is 5.92 Å². The van der Waals surface area contributed by atoms with Crippen molar-refractivity contribution in [3.05, 3.63) is 12.2 Å². The minimum Gasteiger partial charge on any atom is -0.388 e. The second kappa shape index (κ2) is 7.14. The summed E-state index contributed by atoms with van der Waals surface area (Å²) in [6, 6.07) is 0. The molecule has 0 radical (unpaired) electrons. The van der Waals surface area contributed by atoms with Crippen molar-refractivity contribution in [2.24, 2.45) is 5.92 Å². The summed E-state index contributed by atoms with van der Waals surface area (Å²) >= 11 is 0. The lowest BCUT2D eigenvalue weighted by molar-refractivity contribution is 0.115. The molecule has 1 saturated carbocycles. The van der Waals surface area contributed by atoms with Crippen LogP contribution in [-0.2, 0) is 0 Å². The Kier molecular flexibility index (Phi) is 6.97. The predicted molar refractivity (Wildman–Crippen MR) is 58.7 cm³/mol. The van der Waals surface area contributed by atoms with Gasteiger partial charge >= 0.3 is 0 Å². The van der Waals surface area contributed by atoms with E-state index in [1.807, 2.05) is 20.8 Å². The zero-order chi connectivity index (χ0) is 10.3. The van der Waals surface area contributed by atoms with Gasteiger partial charge in [0.2, 0.25) is 0 Å². The molecule has 0 aromatic carbocycles. The van der Waals surface area contributed by atoms with E-state index in [9.17, 15) is 5.11 Å². The maximum absolute atomic E-state index is 9.65. The quantitative estimate of drug-likeness (QED) is 0.651. The number of hydrogen-bond acceptors (Lipinski definition) is 1. The van der Waals surface area contributed by atoms with Gasteiger partial charge in [-0.2, -0.15) is 0 Å². The van der Waals surface area contributed by atoms with Gasteiger partial charge in [0, 0.05) is 0 Å². The molecule has 1 unspecified atom stereocenters. The van der Waals surface area contributed by atoms with Crippen LogP contribution in [0.15, 0.2) is 12.2 Å². The van der Waals surface area contributed by atoms with Gasteiger partial charge < -0.3 is 5.11 Å². The zero-order valence-corrected chi connectivity index (χ0v) is 9.34. The Balaban J connectivity index is 0.000000671. The van der Waals surface area contributed by atoms with Crippen LogP contribution >= 0.6 is 0 Å². The van der Waals surface area contributed by atoms with E-state index < -0.39 is 0 Å². The Bertz CT molecular complexity index is 134. The first-order valence-electron chi connectivity index (χ1n) is 5.55. The fourth-order valence-electron chi connectivity index (χ4n) is 1.85. The first kappa shape index (κ1) is 12.7. The van der Waals surface area contributed by atoms with Crippen molar-refractivity contribution in [1.29, 1.82) is 0 Å². The molecule has 0 heterocycles. The summed E-state index contributed by atoms with van der Waals surface area (Å²) in [5.74, 6) is 0.501. The smallest absolute Gasteiger partial charge is 0.0772 e. The molecule has 0 amide bonds. The summed E-state index contributed by atoms with van der Waals surface area (Å²) in [6.07, 6.45) is 6.06. The van der Waals surface area contributed by atoms with Crippen molar-refractivity contribution in [3.63, 3.8) is 0 Å². The average molecular weight is 184 g/mol. The van der Waals surface area contributed by atoms with Crippen molar-refractivity contribution < 1.29 is 5.11 Å². The second-order valence-corrected chi connectivity index (χ2v) is 3.69. The van der Waals surface area contributed by atoms with E-state index in [1.165, 1.54) is 32.1 Å². The van der Waals surface area contributed by atoms with Crippen LogP contribution in [0.5, 0.6) is 0 Å². The number of hydrogen-bond donors (Lipinski definition) is 1. The lowest BCUT2D eigenvalue weighted by Gasteiger charge is -2.26. The third kappa shape index (κ3) is 4.47. The van der Waals surface area contributed by atoms with Gasteiger partial charge in [0.25, 0.3) is 0 Å². The molecule has 1 N–H and O–H groups in total. The largest absolute Gasteiger partial charge is 0.388 e. The minimum atomic E-state index is -0.240. The number of aliphatic hydroxyl groups is 1. The molecular weight excluding hydrogens is 160 g/mol. The summed E-state index contributed by atoms with van der Waals surface area (Å²) in [5, 5.41) is 9.65. The zero-order valence-electron chi connectivity index (χ0n) is 9.34. The maximum atomic E-state index is 9.65. The van der Waals surface area contributed by atoms with Crippen molar-refractivity contribution >= 4 is 0 Å². The van der Waals surface area contributed by atoms with Gasteiger partial charge in [0.05, 0.1) is 6.10 Å². The molecule has 1 aliphatic rings. The normalized spacial score (nSPS) is 20.0. The molecule has 0 bridgehead atoms. The molecule has 0 spiro atoms. The van der Waals surface area contributed by atoms with E-state index in [0.717, 1.165) is 5.57 Å². The standard InChI is InChI=1S/C10H18O.C2H6/c1-8(2)10(11)9-6-4-3-5-7-9;1-2/h9-11H,1,3-7H2,2H3;1-2H3. The van der Waals surface area contributed by atoms with E-state index in [-0.39, 0.29) is 6.10 Å². The van der Waals surface area contributed by atoms with E-state index >= 15 is 0 Å². The van der Waals surface area contributed by atoms with Crippen LogP contribution in [0.3, 0.4) is 0 Å². The predicted octanol–water partition coefficient (Wildman–Crippen LogP) is 3.53. The lowest BCUT2D eigenvalue weighted by Crippen LogP contribution is -2.23. The third-order valence-electron chi connectivity index (χ3n) is 2.60. The molecule has 1 fully saturated rings. The topological polar surface area (TPSA) is 20.2 Å². The summed E-state index contributed by atoms with van der Waals surface area (Å²) in [6.45, 7) is 9.70. The number of aliphatic hydroxyl groups excluding tert-OH is 1. The molecule has 0 aromatic heterocycles. The highest BCUT2D eigenvalue weighted by molar-refractivity contribution is 5.00. The first-order chi connectivity index (χ1) is 6.22. The molecular formula is C12H24O. The fraction of sp³-hybridized carbons (Fsp3) is 0.833. The Morgan fingerprint density at radius 1 is 1.23 bits per heavy atom. The van der Waals surface area contributed by atoms with Crippen LogP contribution < -0.4 is 0 Å². The van der Waals surface area contributed by atoms with Gasteiger partial charge in [-0.15, -0.1) is 0 Å². The highest BCUT2D eigenvalue weighted by atomic mass is 16.3. The minimum absolute atomic E-state index is 0.240. The van der Waals surface area contributed by atoms with E-state index in [0.29, 0.717) is 5.92 Å². The molecule has 0 aliphatic heterocycles. The Hall–Kier alpha value is -0.300. The van der Waals surface area contributed by atoms with Crippen LogP contribution in [0.2, 0.25) is 0 Å². The number of rotatable bonds is 2. The van der Waals surface area contributed by atoms with Crippen molar-refractivity contribution in [2.75, 3.05) is 0 Å². The Morgan fingerprint density at radius 2 is 1.69 bits per heavy atom. The van der Waals surface area contributed by atoms with Crippen LogP contribution in [0.25, 0.3) is 0 Å². The van der Waals surface area contributed by atoms with E-state index in [4.69, 9.17) is 0 Å². The van der Waals surface area contributed by atoms with E-state index in [2.05, 4.69) is 6.58 Å². The third-order valence-corrected chi connectivity index (χ3v) is 2.60. The highest BCUT2D eigenvalue weighted by Gasteiger charge is 2.21. The molecule has 1 atom stereocenters.